The van der Waals surface area contributed by atoms with E-state index in [1.807, 2.05) is 7.05 Å². The van der Waals surface area contributed by atoms with Crippen LogP contribution in [0, 0.1) is 0 Å². The number of thioether (sulfide) groups is 1. The summed E-state index contributed by atoms with van der Waals surface area (Å²) < 4.78 is 0. The zero-order valence-electron chi connectivity index (χ0n) is 6.66. The van der Waals surface area contributed by atoms with Crippen molar-refractivity contribution in [2.45, 2.75) is 17.3 Å². The second-order valence-electron chi connectivity index (χ2n) is 2.28. The Morgan fingerprint density at radius 1 is 1.82 bits per heavy atom. The Morgan fingerprint density at radius 3 is 3.18 bits per heavy atom. The van der Waals surface area contributed by atoms with E-state index in [1.54, 1.807) is 11.8 Å². The van der Waals surface area contributed by atoms with Crippen molar-refractivity contribution in [3.8, 4) is 0 Å². The summed E-state index contributed by atoms with van der Waals surface area (Å²) in [6, 6.07) is 0. The lowest BCUT2D eigenvalue weighted by molar-refractivity contribution is 0.781. The molecule has 0 fully saturated rings. The first kappa shape index (κ1) is 8.55. The predicted molar refractivity (Wildman–Crippen MR) is 45.6 cm³/mol. The molecule has 0 saturated heterocycles. The number of nitrogens with zero attached hydrogens (tertiary/aromatic N) is 2. The Morgan fingerprint density at radius 2 is 2.64 bits per heavy atom. The first-order chi connectivity index (χ1) is 5.33. The largest absolute Gasteiger partial charge is 0.319 e. The summed E-state index contributed by atoms with van der Waals surface area (Å²) in [6.07, 6.45) is 1.52. The van der Waals surface area contributed by atoms with Crippen LogP contribution in [0.1, 0.15) is 6.92 Å². The topological polar surface area (TPSA) is 53.6 Å². The molecule has 1 atom stereocenters. The number of aromatic nitrogens is 3. The van der Waals surface area contributed by atoms with Crippen LogP contribution in [0.5, 0.6) is 0 Å². The first-order valence-electron chi connectivity index (χ1n) is 3.49. The third kappa shape index (κ3) is 2.90. The van der Waals surface area contributed by atoms with Crippen molar-refractivity contribution >= 4 is 11.8 Å². The Balaban J connectivity index is 2.31. The van der Waals surface area contributed by atoms with Gasteiger partial charge in [-0.2, -0.15) is 5.10 Å². The molecule has 62 valence electrons. The SMILES string of the molecule is CNCC(C)Sc1ncn[nH]1. The summed E-state index contributed by atoms with van der Waals surface area (Å²) in [5, 5.41) is 11.1. The lowest BCUT2D eigenvalue weighted by Crippen LogP contribution is -2.17. The smallest absolute Gasteiger partial charge is 0.183 e. The molecule has 0 radical (unpaired) electrons. The molecule has 1 aromatic heterocycles. The van der Waals surface area contributed by atoms with Crippen LogP contribution in [-0.2, 0) is 0 Å². The predicted octanol–water partition coefficient (Wildman–Crippen LogP) is 0.505. The van der Waals surface area contributed by atoms with E-state index < -0.39 is 0 Å². The van der Waals surface area contributed by atoms with Crippen molar-refractivity contribution in [1.29, 1.82) is 0 Å². The molecule has 0 aromatic carbocycles. The van der Waals surface area contributed by atoms with Gasteiger partial charge in [-0.1, -0.05) is 18.7 Å². The van der Waals surface area contributed by atoms with Crippen LogP contribution < -0.4 is 5.32 Å². The summed E-state index contributed by atoms with van der Waals surface area (Å²) in [7, 11) is 1.94. The Bertz CT molecular complexity index is 186. The molecule has 1 unspecified atom stereocenters. The molecule has 0 spiro atoms. The van der Waals surface area contributed by atoms with Gasteiger partial charge in [0.05, 0.1) is 0 Å². The second-order valence-corrected chi connectivity index (χ2v) is 3.70. The van der Waals surface area contributed by atoms with Gasteiger partial charge in [-0.15, -0.1) is 0 Å². The van der Waals surface area contributed by atoms with Crippen molar-refractivity contribution in [2.24, 2.45) is 0 Å². The van der Waals surface area contributed by atoms with E-state index in [4.69, 9.17) is 0 Å². The molecule has 0 aliphatic rings. The Kier molecular flexibility index (Phi) is 3.38. The minimum absolute atomic E-state index is 0.521. The van der Waals surface area contributed by atoms with Crippen LogP contribution in [-0.4, -0.2) is 34.0 Å². The molecule has 4 nitrogen and oxygen atoms in total. The lowest BCUT2D eigenvalue weighted by Gasteiger charge is -2.06. The van der Waals surface area contributed by atoms with Gasteiger partial charge >= 0.3 is 0 Å². The van der Waals surface area contributed by atoms with E-state index in [-0.39, 0.29) is 0 Å². The fourth-order valence-electron chi connectivity index (χ4n) is 0.771. The standard InChI is InChI=1S/C6H12N4S/c1-5(3-7-2)11-6-8-4-9-10-6/h4-5,7H,3H2,1-2H3,(H,8,9,10). The minimum atomic E-state index is 0.521. The molecule has 1 aromatic rings. The van der Waals surface area contributed by atoms with Crippen molar-refractivity contribution in [3.63, 3.8) is 0 Å². The van der Waals surface area contributed by atoms with E-state index in [2.05, 4.69) is 27.4 Å². The third-order valence-electron chi connectivity index (χ3n) is 1.20. The average Bonchev–Trinajstić information content (AvgIpc) is 2.40. The highest BCUT2D eigenvalue weighted by molar-refractivity contribution is 7.99. The van der Waals surface area contributed by atoms with Gasteiger partial charge in [0.1, 0.15) is 6.33 Å². The quantitative estimate of drug-likeness (QED) is 0.650. The number of aromatic amines is 1. The van der Waals surface area contributed by atoms with Gasteiger partial charge in [0.15, 0.2) is 5.16 Å². The molecule has 0 saturated carbocycles. The van der Waals surface area contributed by atoms with Gasteiger partial charge in [-0.05, 0) is 7.05 Å². The summed E-state index contributed by atoms with van der Waals surface area (Å²) in [6.45, 7) is 3.12. The van der Waals surface area contributed by atoms with Crippen LogP contribution in [0.2, 0.25) is 0 Å². The number of hydrogen-bond acceptors (Lipinski definition) is 4. The van der Waals surface area contributed by atoms with Gasteiger partial charge in [-0.25, -0.2) is 4.98 Å². The second kappa shape index (κ2) is 4.35. The zero-order chi connectivity index (χ0) is 8.10. The number of rotatable bonds is 4. The highest BCUT2D eigenvalue weighted by atomic mass is 32.2. The fraction of sp³-hybridized carbons (Fsp3) is 0.667. The maximum Gasteiger partial charge on any atom is 0.183 e. The van der Waals surface area contributed by atoms with Gasteiger partial charge in [0.25, 0.3) is 0 Å². The van der Waals surface area contributed by atoms with Crippen LogP contribution in [0.4, 0.5) is 0 Å². The van der Waals surface area contributed by atoms with Crippen LogP contribution in [0.3, 0.4) is 0 Å². The molecule has 1 heterocycles. The maximum absolute atomic E-state index is 4.01. The highest BCUT2D eigenvalue weighted by Crippen LogP contribution is 2.16. The summed E-state index contributed by atoms with van der Waals surface area (Å²) in [5.41, 5.74) is 0. The highest BCUT2D eigenvalue weighted by Gasteiger charge is 2.03. The number of hydrogen-bond donors (Lipinski definition) is 2. The number of nitrogens with one attached hydrogen (secondary N) is 2. The Hall–Kier alpha value is -0.550. The molecule has 0 aliphatic heterocycles. The molecular weight excluding hydrogens is 160 g/mol. The van der Waals surface area contributed by atoms with Crippen LogP contribution >= 0.6 is 11.8 Å². The molecular formula is C6H12N4S. The van der Waals surface area contributed by atoms with Gasteiger partial charge in [-0.3, -0.25) is 5.10 Å². The average molecular weight is 172 g/mol. The minimum Gasteiger partial charge on any atom is -0.319 e. The molecule has 0 aliphatic carbocycles. The van der Waals surface area contributed by atoms with Gasteiger partial charge < -0.3 is 5.32 Å². The molecule has 2 N–H and O–H groups in total. The first-order valence-corrected chi connectivity index (χ1v) is 4.37. The normalized spacial score (nSPS) is 13.3. The van der Waals surface area contributed by atoms with Crippen LogP contribution in [0.25, 0.3) is 0 Å². The van der Waals surface area contributed by atoms with Crippen LogP contribution in [0.15, 0.2) is 11.5 Å². The van der Waals surface area contributed by atoms with Gasteiger partial charge in [0.2, 0.25) is 0 Å². The third-order valence-corrected chi connectivity index (χ3v) is 2.19. The van der Waals surface area contributed by atoms with Gasteiger partial charge in [0, 0.05) is 11.8 Å². The molecule has 1 rings (SSSR count). The summed E-state index contributed by atoms with van der Waals surface area (Å²) in [5.74, 6) is 0. The van der Waals surface area contributed by atoms with Crippen molar-refractivity contribution < 1.29 is 0 Å². The lowest BCUT2D eigenvalue weighted by atomic mass is 10.5. The molecule has 0 amide bonds. The van der Waals surface area contributed by atoms with Crippen molar-refractivity contribution in [1.82, 2.24) is 20.5 Å². The van der Waals surface area contributed by atoms with E-state index in [0.29, 0.717) is 5.25 Å². The summed E-state index contributed by atoms with van der Waals surface area (Å²) in [4.78, 5) is 4.01. The van der Waals surface area contributed by atoms with Crippen molar-refractivity contribution in [3.05, 3.63) is 6.33 Å². The monoisotopic (exact) mass is 172 g/mol. The molecule has 0 bridgehead atoms. The zero-order valence-corrected chi connectivity index (χ0v) is 7.48. The maximum atomic E-state index is 4.01. The van der Waals surface area contributed by atoms with E-state index in [0.717, 1.165) is 11.7 Å². The van der Waals surface area contributed by atoms with E-state index >= 15 is 0 Å². The number of H-pyrrole nitrogens is 1. The van der Waals surface area contributed by atoms with E-state index in [9.17, 15) is 0 Å². The molecule has 11 heavy (non-hydrogen) atoms. The Labute approximate surface area is 70.2 Å². The summed E-state index contributed by atoms with van der Waals surface area (Å²) >= 11 is 1.68. The van der Waals surface area contributed by atoms with Crippen molar-refractivity contribution in [2.75, 3.05) is 13.6 Å². The molecule has 5 heteroatoms. The fourth-order valence-corrected chi connectivity index (χ4v) is 1.62. The van der Waals surface area contributed by atoms with E-state index in [1.165, 1.54) is 6.33 Å².